The van der Waals surface area contributed by atoms with Gasteiger partial charge in [-0.3, -0.25) is 4.79 Å². The number of rotatable bonds is 2. The van der Waals surface area contributed by atoms with E-state index in [4.69, 9.17) is 4.74 Å². The van der Waals surface area contributed by atoms with Crippen molar-refractivity contribution >= 4 is 5.91 Å². The predicted octanol–water partition coefficient (Wildman–Crippen LogP) is 2.12. The number of morpholine rings is 1. The number of benzene rings is 1. The van der Waals surface area contributed by atoms with Gasteiger partial charge in [-0.1, -0.05) is 36.6 Å². The smallest absolute Gasteiger partial charge is 0.246 e. The molecule has 0 spiro atoms. The zero-order chi connectivity index (χ0) is 19.5. The monoisotopic (exact) mass is 379 g/mol. The van der Waals surface area contributed by atoms with Crippen molar-refractivity contribution in [3.8, 4) is 11.8 Å². The van der Waals surface area contributed by atoms with E-state index < -0.39 is 0 Å². The van der Waals surface area contributed by atoms with E-state index in [9.17, 15) is 4.79 Å². The second kappa shape index (κ2) is 8.28. The molecule has 0 aliphatic carbocycles. The Morgan fingerprint density at radius 3 is 2.71 bits per heavy atom. The second-order valence-corrected chi connectivity index (χ2v) is 8.02. The fourth-order valence-electron chi connectivity index (χ4n) is 4.31. The summed E-state index contributed by atoms with van der Waals surface area (Å²) in [6.45, 7) is 10.3. The SMILES string of the molecule is C=C(N1CCC(C#Cc2ccccc2C)CC1)N1CC[C@@H]2OCC(=O)N[C@@H]2C1. The van der Waals surface area contributed by atoms with Crippen molar-refractivity contribution in [1.29, 1.82) is 0 Å². The minimum Gasteiger partial charge on any atom is -0.366 e. The maximum atomic E-state index is 11.6. The number of hydrogen-bond donors (Lipinski definition) is 1. The van der Waals surface area contributed by atoms with E-state index in [1.165, 1.54) is 5.56 Å². The van der Waals surface area contributed by atoms with Crippen LogP contribution in [-0.2, 0) is 9.53 Å². The molecule has 3 aliphatic heterocycles. The van der Waals surface area contributed by atoms with Crippen molar-refractivity contribution in [3.05, 3.63) is 47.8 Å². The summed E-state index contributed by atoms with van der Waals surface area (Å²) in [6, 6.07) is 8.38. The van der Waals surface area contributed by atoms with E-state index in [1.807, 2.05) is 6.07 Å². The van der Waals surface area contributed by atoms with Crippen LogP contribution in [0.4, 0.5) is 0 Å². The van der Waals surface area contributed by atoms with E-state index in [1.54, 1.807) is 0 Å². The third kappa shape index (κ3) is 4.18. The minimum absolute atomic E-state index is 0.0123. The molecule has 5 heteroatoms. The molecule has 148 valence electrons. The minimum atomic E-state index is -0.0123. The van der Waals surface area contributed by atoms with Gasteiger partial charge in [0.25, 0.3) is 0 Å². The van der Waals surface area contributed by atoms with Crippen LogP contribution < -0.4 is 5.32 Å². The van der Waals surface area contributed by atoms with Gasteiger partial charge in [0.15, 0.2) is 0 Å². The van der Waals surface area contributed by atoms with Crippen molar-refractivity contribution in [2.75, 3.05) is 32.8 Å². The summed E-state index contributed by atoms with van der Waals surface area (Å²) in [5.74, 6) is 8.35. The van der Waals surface area contributed by atoms with Gasteiger partial charge in [0.2, 0.25) is 5.91 Å². The van der Waals surface area contributed by atoms with Crippen LogP contribution in [0, 0.1) is 24.7 Å². The van der Waals surface area contributed by atoms with Gasteiger partial charge >= 0.3 is 0 Å². The number of amides is 1. The number of aryl methyl sites for hydroxylation is 1. The van der Waals surface area contributed by atoms with Crippen molar-refractivity contribution in [2.45, 2.75) is 38.3 Å². The molecule has 0 bridgehead atoms. The van der Waals surface area contributed by atoms with Gasteiger partial charge in [-0.05, 0) is 37.8 Å². The number of hydrogen-bond acceptors (Lipinski definition) is 4. The summed E-state index contributed by atoms with van der Waals surface area (Å²) in [5.41, 5.74) is 2.37. The molecule has 3 heterocycles. The summed E-state index contributed by atoms with van der Waals surface area (Å²) in [5, 5.41) is 3.07. The molecule has 1 aromatic carbocycles. The average Bonchev–Trinajstić information content (AvgIpc) is 2.72. The van der Waals surface area contributed by atoms with E-state index >= 15 is 0 Å². The van der Waals surface area contributed by atoms with Crippen LogP contribution in [0.5, 0.6) is 0 Å². The normalized spacial score (nSPS) is 25.4. The number of nitrogens with zero attached hydrogens (tertiary/aromatic N) is 2. The molecule has 0 aromatic heterocycles. The van der Waals surface area contributed by atoms with Crippen LogP contribution >= 0.6 is 0 Å². The first-order chi connectivity index (χ1) is 13.6. The van der Waals surface area contributed by atoms with Crippen LogP contribution in [0.3, 0.4) is 0 Å². The topological polar surface area (TPSA) is 44.8 Å². The molecule has 0 unspecified atom stereocenters. The lowest BCUT2D eigenvalue weighted by molar-refractivity contribution is -0.140. The number of carbonyl (C=O) groups excluding carboxylic acids is 1. The Bertz CT molecular complexity index is 802. The highest BCUT2D eigenvalue weighted by atomic mass is 16.5. The van der Waals surface area contributed by atoms with Crippen LogP contribution in [0.1, 0.15) is 30.4 Å². The van der Waals surface area contributed by atoms with Gasteiger partial charge in [0.1, 0.15) is 6.61 Å². The largest absolute Gasteiger partial charge is 0.366 e. The molecule has 1 amide bonds. The van der Waals surface area contributed by atoms with E-state index in [0.29, 0.717) is 5.92 Å². The highest BCUT2D eigenvalue weighted by molar-refractivity contribution is 5.78. The number of fused-ring (bicyclic) bond motifs is 1. The zero-order valence-corrected chi connectivity index (χ0v) is 16.6. The molecule has 0 saturated carbocycles. The first-order valence-corrected chi connectivity index (χ1v) is 10.3. The molecule has 2 atom stereocenters. The van der Waals surface area contributed by atoms with Gasteiger partial charge in [-0.25, -0.2) is 0 Å². The number of nitrogens with one attached hydrogen (secondary N) is 1. The summed E-state index contributed by atoms with van der Waals surface area (Å²) in [6.07, 6.45) is 3.21. The lowest BCUT2D eigenvalue weighted by atomic mass is 9.96. The first kappa shape index (κ1) is 18.9. The lowest BCUT2D eigenvalue weighted by Gasteiger charge is -2.45. The Labute approximate surface area is 167 Å². The average molecular weight is 380 g/mol. The Balaban J connectivity index is 1.30. The predicted molar refractivity (Wildman–Crippen MR) is 109 cm³/mol. The molecule has 3 aliphatic rings. The quantitative estimate of drug-likeness (QED) is 0.800. The molecule has 4 rings (SSSR count). The first-order valence-electron chi connectivity index (χ1n) is 10.3. The highest BCUT2D eigenvalue weighted by Gasteiger charge is 2.36. The van der Waals surface area contributed by atoms with Crippen LogP contribution in [0.2, 0.25) is 0 Å². The highest BCUT2D eigenvalue weighted by Crippen LogP contribution is 2.25. The van der Waals surface area contributed by atoms with E-state index in [-0.39, 0.29) is 24.7 Å². The Morgan fingerprint density at radius 1 is 1.18 bits per heavy atom. The Hall–Kier alpha value is -2.45. The second-order valence-electron chi connectivity index (χ2n) is 8.02. The number of likely N-dealkylation sites (tertiary alicyclic amines) is 2. The number of ether oxygens (including phenoxy) is 1. The van der Waals surface area contributed by atoms with E-state index in [0.717, 1.165) is 56.8 Å². The van der Waals surface area contributed by atoms with Gasteiger partial charge < -0.3 is 19.9 Å². The number of carbonyl (C=O) groups is 1. The fourth-order valence-corrected chi connectivity index (χ4v) is 4.31. The summed E-state index contributed by atoms with van der Waals surface area (Å²) in [7, 11) is 0. The molecule has 1 aromatic rings. The Morgan fingerprint density at radius 2 is 1.93 bits per heavy atom. The van der Waals surface area contributed by atoms with Crippen LogP contribution in [0.25, 0.3) is 0 Å². The third-order valence-corrected chi connectivity index (χ3v) is 6.11. The van der Waals surface area contributed by atoms with Crippen molar-refractivity contribution in [1.82, 2.24) is 15.1 Å². The third-order valence-electron chi connectivity index (χ3n) is 6.11. The van der Waals surface area contributed by atoms with Crippen LogP contribution in [0.15, 0.2) is 36.7 Å². The fraction of sp³-hybridized carbons (Fsp3) is 0.522. The standard InChI is InChI=1S/C23H29N3O2/c1-17-5-3-4-6-20(17)8-7-19-9-12-25(13-10-19)18(2)26-14-11-22-21(15-26)24-23(27)16-28-22/h3-6,19,21-22H,2,9-16H2,1H3,(H,24,27)/t21-,22+/m1/s1. The summed E-state index contributed by atoms with van der Waals surface area (Å²) >= 11 is 0. The molecule has 5 nitrogen and oxygen atoms in total. The van der Waals surface area contributed by atoms with Crippen molar-refractivity contribution < 1.29 is 9.53 Å². The molecule has 28 heavy (non-hydrogen) atoms. The van der Waals surface area contributed by atoms with E-state index in [2.05, 4.69) is 58.7 Å². The van der Waals surface area contributed by atoms with Gasteiger partial charge in [-0.15, -0.1) is 0 Å². The molecule has 0 radical (unpaired) electrons. The molecule has 3 saturated heterocycles. The zero-order valence-electron chi connectivity index (χ0n) is 16.6. The van der Waals surface area contributed by atoms with Crippen LogP contribution in [-0.4, -0.2) is 60.6 Å². The lowest BCUT2D eigenvalue weighted by Crippen LogP contribution is -2.60. The summed E-state index contributed by atoms with van der Waals surface area (Å²) < 4.78 is 5.66. The van der Waals surface area contributed by atoms with Crippen molar-refractivity contribution in [2.24, 2.45) is 5.92 Å². The van der Waals surface area contributed by atoms with Gasteiger partial charge in [0, 0.05) is 37.7 Å². The molecule has 1 N–H and O–H groups in total. The van der Waals surface area contributed by atoms with Gasteiger partial charge in [0.05, 0.1) is 18.0 Å². The summed E-state index contributed by atoms with van der Waals surface area (Å²) in [4.78, 5) is 16.3. The van der Waals surface area contributed by atoms with Crippen molar-refractivity contribution in [3.63, 3.8) is 0 Å². The van der Waals surface area contributed by atoms with Gasteiger partial charge in [-0.2, -0.15) is 0 Å². The number of piperidine rings is 2. The maximum absolute atomic E-state index is 11.6. The maximum Gasteiger partial charge on any atom is 0.246 e. The molecular formula is C23H29N3O2. The molecule has 3 fully saturated rings. The Kier molecular flexibility index (Phi) is 5.59. The molecular weight excluding hydrogens is 350 g/mol.